The number of ether oxygens (including phenoxy) is 1. The maximum absolute atomic E-state index is 12.5. The largest absolute Gasteiger partial charge is 0.477 e. The Bertz CT molecular complexity index is 1090. The smallest absolute Gasteiger partial charge is 0.411 e. The summed E-state index contributed by atoms with van der Waals surface area (Å²) in [6, 6.07) is 16.2. The van der Waals surface area contributed by atoms with Gasteiger partial charge in [0.2, 0.25) is 0 Å². The minimum Gasteiger partial charge on any atom is -0.477 e. The molecule has 0 saturated heterocycles. The number of carboxylic acid groups (broad SMARTS) is 1. The van der Waals surface area contributed by atoms with Crippen molar-refractivity contribution in [1.82, 2.24) is 5.32 Å². The Labute approximate surface area is 171 Å². The van der Waals surface area contributed by atoms with Crippen LogP contribution in [0.5, 0.6) is 0 Å². The predicted molar refractivity (Wildman–Crippen MR) is 111 cm³/mol. The summed E-state index contributed by atoms with van der Waals surface area (Å²) in [6.07, 6.45) is -0.637. The second-order valence-corrected chi connectivity index (χ2v) is 8.17. The van der Waals surface area contributed by atoms with Gasteiger partial charge in [0.15, 0.2) is 0 Å². The molecule has 29 heavy (non-hydrogen) atoms. The molecule has 0 saturated carbocycles. The fraction of sp³-hybridized carbons (Fsp3) is 0.182. The molecule has 2 aromatic carbocycles. The zero-order valence-corrected chi connectivity index (χ0v) is 16.2. The van der Waals surface area contributed by atoms with Crippen LogP contribution in [0, 0.1) is 0 Å². The second kappa shape index (κ2) is 7.02. The van der Waals surface area contributed by atoms with Crippen molar-refractivity contribution in [2.24, 2.45) is 0 Å². The van der Waals surface area contributed by atoms with Gasteiger partial charge < -0.3 is 15.2 Å². The molecule has 7 heteroatoms. The van der Waals surface area contributed by atoms with Crippen molar-refractivity contribution in [2.75, 3.05) is 11.9 Å². The average molecular weight is 406 g/mol. The molecule has 146 valence electrons. The Morgan fingerprint density at radius 2 is 1.72 bits per heavy atom. The number of carboxylic acids is 1. The maximum atomic E-state index is 12.5. The van der Waals surface area contributed by atoms with Gasteiger partial charge in [0.25, 0.3) is 0 Å². The summed E-state index contributed by atoms with van der Waals surface area (Å²) in [6.45, 7) is 1.34. The normalized spacial score (nSPS) is 14.2. The standard InChI is InChI=1S/C22H18N2O4S/c25-21(26)20-19(16-9-23-10-18(16)29-20)24-22(27)28-11-17-14-7-3-1-5-12(14)13-6-2-4-8-15(13)17/h1-8,17,23H,9-11H2,(H,24,27)(H,25,26). The lowest BCUT2D eigenvalue weighted by Crippen LogP contribution is -2.19. The Morgan fingerprint density at radius 3 is 2.38 bits per heavy atom. The molecule has 3 aromatic rings. The van der Waals surface area contributed by atoms with E-state index < -0.39 is 12.1 Å². The van der Waals surface area contributed by atoms with Crippen LogP contribution in [0.25, 0.3) is 11.1 Å². The summed E-state index contributed by atoms with van der Waals surface area (Å²) in [7, 11) is 0. The molecule has 0 fully saturated rings. The van der Waals surface area contributed by atoms with E-state index in [0.29, 0.717) is 18.8 Å². The SMILES string of the molecule is O=C(Nc1c(C(=O)O)sc2c1CNC2)OCC1c2ccccc2-c2ccccc21. The number of fused-ring (bicyclic) bond motifs is 4. The van der Waals surface area contributed by atoms with Gasteiger partial charge in [-0.25, -0.2) is 9.59 Å². The van der Waals surface area contributed by atoms with Gasteiger partial charge in [-0.1, -0.05) is 48.5 Å². The van der Waals surface area contributed by atoms with Crippen LogP contribution in [0.3, 0.4) is 0 Å². The van der Waals surface area contributed by atoms with Crippen molar-refractivity contribution in [3.63, 3.8) is 0 Å². The number of rotatable bonds is 4. The molecule has 0 unspecified atom stereocenters. The Hall–Kier alpha value is -3.16. The van der Waals surface area contributed by atoms with Crippen molar-refractivity contribution >= 4 is 29.1 Å². The molecule has 0 bridgehead atoms. The highest BCUT2D eigenvalue weighted by atomic mass is 32.1. The van der Waals surface area contributed by atoms with Gasteiger partial charge in [-0.3, -0.25) is 5.32 Å². The molecule has 0 spiro atoms. The molecular weight excluding hydrogens is 388 g/mol. The van der Waals surface area contributed by atoms with Crippen LogP contribution in [-0.4, -0.2) is 23.8 Å². The number of aromatic carboxylic acids is 1. The van der Waals surface area contributed by atoms with E-state index in [-0.39, 0.29) is 17.4 Å². The number of anilines is 1. The third kappa shape index (κ3) is 2.99. The number of carbonyl (C=O) groups is 2. The number of hydrogen-bond acceptors (Lipinski definition) is 5. The highest BCUT2D eigenvalue weighted by Crippen LogP contribution is 2.44. The highest BCUT2D eigenvalue weighted by molar-refractivity contribution is 7.14. The minimum atomic E-state index is -1.04. The number of thiophene rings is 1. The fourth-order valence-electron chi connectivity index (χ4n) is 4.16. The third-order valence-corrected chi connectivity index (χ3v) is 6.66. The van der Waals surface area contributed by atoms with E-state index in [0.717, 1.165) is 32.7 Å². The molecule has 2 heterocycles. The number of benzene rings is 2. The van der Waals surface area contributed by atoms with Gasteiger partial charge in [-0.15, -0.1) is 11.3 Å². The van der Waals surface area contributed by atoms with Crippen molar-refractivity contribution in [1.29, 1.82) is 0 Å². The number of hydrogen-bond donors (Lipinski definition) is 3. The van der Waals surface area contributed by atoms with E-state index >= 15 is 0 Å². The van der Waals surface area contributed by atoms with Crippen LogP contribution in [0.15, 0.2) is 48.5 Å². The molecule has 2 aliphatic rings. The Balaban J connectivity index is 1.36. The highest BCUT2D eigenvalue weighted by Gasteiger charge is 2.30. The van der Waals surface area contributed by atoms with Gasteiger partial charge in [-0.2, -0.15) is 0 Å². The van der Waals surface area contributed by atoms with Crippen molar-refractivity contribution in [3.05, 3.63) is 75.0 Å². The van der Waals surface area contributed by atoms with Crippen LogP contribution in [0.1, 0.15) is 37.2 Å². The Kier molecular flexibility index (Phi) is 4.34. The molecule has 5 rings (SSSR count). The molecular formula is C22H18N2O4S. The molecule has 0 atom stereocenters. The number of carbonyl (C=O) groups excluding carboxylic acids is 1. The van der Waals surface area contributed by atoms with Crippen LogP contribution in [-0.2, 0) is 17.8 Å². The zero-order chi connectivity index (χ0) is 20.0. The summed E-state index contributed by atoms with van der Waals surface area (Å²) in [5, 5.41) is 15.3. The summed E-state index contributed by atoms with van der Waals surface area (Å²) in [4.78, 5) is 25.2. The number of amides is 1. The van der Waals surface area contributed by atoms with Crippen molar-refractivity contribution < 1.29 is 19.4 Å². The first-order valence-corrected chi connectivity index (χ1v) is 10.2. The monoisotopic (exact) mass is 406 g/mol. The van der Waals surface area contributed by atoms with E-state index in [2.05, 4.69) is 34.9 Å². The number of nitrogens with one attached hydrogen (secondary N) is 2. The predicted octanol–water partition coefficient (Wildman–Crippen LogP) is 4.41. The van der Waals surface area contributed by atoms with Gasteiger partial charge in [-0.05, 0) is 22.3 Å². The minimum absolute atomic E-state index is 0.0399. The lowest BCUT2D eigenvalue weighted by atomic mass is 9.98. The van der Waals surface area contributed by atoms with E-state index in [4.69, 9.17) is 4.74 Å². The lowest BCUT2D eigenvalue weighted by Gasteiger charge is -2.15. The van der Waals surface area contributed by atoms with E-state index in [9.17, 15) is 14.7 Å². The van der Waals surface area contributed by atoms with Crippen LogP contribution >= 0.6 is 11.3 Å². The summed E-state index contributed by atoms with van der Waals surface area (Å²) < 4.78 is 5.55. The molecule has 1 aliphatic heterocycles. The van der Waals surface area contributed by atoms with Gasteiger partial charge in [0, 0.05) is 29.4 Å². The van der Waals surface area contributed by atoms with Crippen LogP contribution in [0.4, 0.5) is 10.5 Å². The fourth-order valence-corrected chi connectivity index (χ4v) is 5.24. The van der Waals surface area contributed by atoms with E-state index in [1.165, 1.54) is 11.3 Å². The summed E-state index contributed by atoms with van der Waals surface area (Å²) >= 11 is 1.19. The van der Waals surface area contributed by atoms with Crippen LogP contribution < -0.4 is 10.6 Å². The van der Waals surface area contributed by atoms with Gasteiger partial charge in [0.1, 0.15) is 11.5 Å². The van der Waals surface area contributed by atoms with E-state index in [1.807, 2.05) is 24.3 Å². The molecule has 0 radical (unpaired) electrons. The van der Waals surface area contributed by atoms with Crippen molar-refractivity contribution in [3.8, 4) is 11.1 Å². The van der Waals surface area contributed by atoms with Gasteiger partial charge in [0.05, 0.1) is 5.69 Å². The summed E-state index contributed by atoms with van der Waals surface area (Å²) in [5.74, 6) is -1.08. The molecule has 3 N–H and O–H groups in total. The lowest BCUT2D eigenvalue weighted by molar-refractivity contribution is 0.0703. The van der Waals surface area contributed by atoms with Gasteiger partial charge >= 0.3 is 12.1 Å². The van der Waals surface area contributed by atoms with Crippen LogP contribution in [0.2, 0.25) is 0 Å². The molecule has 1 aromatic heterocycles. The molecule has 1 aliphatic carbocycles. The summed E-state index contributed by atoms with van der Waals surface area (Å²) in [5.41, 5.74) is 5.77. The first-order chi connectivity index (χ1) is 14.1. The third-order valence-electron chi connectivity index (χ3n) is 5.44. The Morgan fingerprint density at radius 1 is 1.07 bits per heavy atom. The molecule has 6 nitrogen and oxygen atoms in total. The topological polar surface area (TPSA) is 87.7 Å². The quantitative estimate of drug-likeness (QED) is 0.597. The average Bonchev–Trinajstić information content (AvgIpc) is 3.39. The van der Waals surface area contributed by atoms with Crippen molar-refractivity contribution in [2.45, 2.75) is 19.0 Å². The first-order valence-electron chi connectivity index (χ1n) is 9.34. The first kappa shape index (κ1) is 17.9. The van der Waals surface area contributed by atoms with E-state index in [1.54, 1.807) is 0 Å². The molecule has 1 amide bonds. The maximum Gasteiger partial charge on any atom is 0.411 e. The second-order valence-electron chi connectivity index (χ2n) is 7.07. The zero-order valence-electron chi connectivity index (χ0n) is 15.4.